The van der Waals surface area contributed by atoms with E-state index < -0.39 is 35.6 Å². The van der Waals surface area contributed by atoms with Gasteiger partial charge in [-0.2, -0.15) is 0 Å². The van der Waals surface area contributed by atoms with Crippen LogP contribution in [0.5, 0.6) is 0 Å². The molecule has 1 fully saturated rings. The number of amides is 4. The molecule has 37 heavy (non-hydrogen) atoms. The van der Waals surface area contributed by atoms with E-state index >= 15 is 0 Å². The lowest BCUT2D eigenvalue weighted by Crippen LogP contribution is -2.54. The second kappa shape index (κ2) is 13.4. The largest absolute Gasteiger partial charge is 0.444 e. The number of benzene rings is 1. The van der Waals surface area contributed by atoms with Crippen LogP contribution in [0, 0.1) is 13.8 Å². The quantitative estimate of drug-likeness (QED) is 0.435. The Bertz CT molecular complexity index is 966. The van der Waals surface area contributed by atoms with Gasteiger partial charge in [-0.15, -0.1) is 0 Å². The van der Waals surface area contributed by atoms with Gasteiger partial charge < -0.3 is 26.0 Å². The molecule has 9 nitrogen and oxygen atoms in total. The number of likely N-dealkylation sites (N-methyl/N-ethyl adjacent to an activating group) is 1. The third kappa shape index (κ3) is 9.37. The van der Waals surface area contributed by atoms with E-state index in [0.29, 0.717) is 0 Å². The van der Waals surface area contributed by atoms with Gasteiger partial charge in [0.05, 0.1) is 0 Å². The molecule has 2 unspecified atom stereocenters. The Labute approximate surface area is 220 Å². The third-order valence-electron chi connectivity index (χ3n) is 6.53. The predicted molar refractivity (Wildman–Crippen MR) is 143 cm³/mol. The van der Waals surface area contributed by atoms with Crippen LogP contribution in [0.2, 0.25) is 0 Å². The zero-order valence-corrected chi connectivity index (χ0v) is 23.2. The monoisotopic (exact) mass is 516 g/mol. The Morgan fingerprint density at radius 2 is 1.76 bits per heavy atom. The maximum absolute atomic E-state index is 13.9. The van der Waals surface area contributed by atoms with Crippen molar-refractivity contribution >= 4 is 23.8 Å². The van der Waals surface area contributed by atoms with Gasteiger partial charge in [-0.1, -0.05) is 43.0 Å². The molecule has 0 bridgehead atoms. The molecule has 2 atom stereocenters. The summed E-state index contributed by atoms with van der Waals surface area (Å²) in [6.07, 6.45) is 4.21. The van der Waals surface area contributed by atoms with E-state index in [1.807, 2.05) is 32.0 Å². The fourth-order valence-corrected chi connectivity index (χ4v) is 4.69. The van der Waals surface area contributed by atoms with Gasteiger partial charge in [0.1, 0.15) is 17.7 Å². The minimum Gasteiger partial charge on any atom is -0.444 e. The maximum Gasteiger partial charge on any atom is 0.408 e. The van der Waals surface area contributed by atoms with E-state index in [9.17, 15) is 19.2 Å². The highest BCUT2D eigenvalue weighted by Crippen LogP contribution is 2.28. The van der Waals surface area contributed by atoms with Gasteiger partial charge in [0.15, 0.2) is 0 Å². The third-order valence-corrected chi connectivity index (χ3v) is 6.53. The van der Waals surface area contributed by atoms with Crippen molar-refractivity contribution in [2.75, 3.05) is 6.54 Å². The SMILES string of the molecule is CCN(C(=O)C(CCC(N)=O)NC(=O)OC(C)(C)C)C(C(=O)NC1CCCCC1)c1cc(C)ccc1C. The summed E-state index contributed by atoms with van der Waals surface area (Å²) < 4.78 is 5.35. The summed E-state index contributed by atoms with van der Waals surface area (Å²) in [6.45, 7) is 11.0. The molecule has 206 valence electrons. The Balaban J connectivity index is 2.43. The summed E-state index contributed by atoms with van der Waals surface area (Å²) in [5, 5.41) is 5.78. The van der Waals surface area contributed by atoms with Gasteiger partial charge in [-0.25, -0.2) is 4.79 Å². The molecule has 2 rings (SSSR count). The number of carbonyl (C=O) groups excluding carboxylic acids is 4. The van der Waals surface area contributed by atoms with Crippen LogP contribution < -0.4 is 16.4 Å². The van der Waals surface area contributed by atoms with Crippen LogP contribution in [-0.4, -0.2) is 52.9 Å². The number of rotatable bonds is 10. The Morgan fingerprint density at radius 3 is 2.32 bits per heavy atom. The van der Waals surface area contributed by atoms with E-state index in [0.717, 1.165) is 48.8 Å². The first kappa shape index (κ1) is 30.1. The lowest BCUT2D eigenvalue weighted by molar-refractivity contribution is -0.142. The average molecular weight is 517 g/mol. The molecule has 1 saturated carbocycles. The molecule has 0 aromatic heterocycles. The van der Waals surface area contributed by atoms with Crippen molar-refractivity contribution in [1.29, 1.82) is 0 Å². The summed E-state index contributed by atoms with van der Waals surface area (Å²) >= 11 is 0. The zero-order chi connectivity index (χ0) is 27.8. The van der Waals surface area contributed by atoms with Gasteiger partial charge in [-0.3, -0.25) is 14.4 Å². The summed E-state index contributed by atoms with van der Waals surface area (Å²) in [5.41, 5.74) is 7.16. The normalized spacial score (nSPS) is 15.8. The van der Waals surface area contributed by atoms with E-state index in [1.54, 1.807) is 27.7 Å². The first-order valence-electron chi connectivity index (χ1n) is 13.3. The van der Waals surface area contributed by atoms with E-state index in [1.165, 1.54) is 4.90 Å². The fourth-order valence-electron chi connectivity index (χ4n) is 4.69. The van der Waals surface area contributed by atoms with Crippen molar-refractivity contribution in [3.63, 3.8) is 0 Å². The van der Waals surface area contributed by atoms with Crippen LogP contribution in [0.15, 0.2) is 18.2 Å². The van der Waals surface area contributed by atoms with Crippen molar-refractivity contribution in [2.45, 2.75) is 110 Å². The number of hydrogen-bond donors (Lipinski definition) is 3. The molecule has 1 aliphatic carbocycles. The smallest absolute Gasteiger partial charge is 0.408 e. The van der Waals surface area contributed by atoms with Crippen molar-refractivity contribution in [2.24, 2.45) is 5.73 Å². The average Bonchev–Trinajstić information content (AvgIpc) is 2.80. The summed E-state index contributed by atoms with van der Waals surface area (Å²) in [6, 6.07) is 3.91. The molecule has 1 aromatic carbocycles. The number of nitrogens with two attached hydrogens (primary N) is 1. The van der Waals surface area contributed by atoms with Crippen LogP contribution in [0.25, 0.3) is 0 Å². The molecule has 4 amide bonds. The molecule has 9 heteroatoms. The summed E-state index contributed by atoms with van der Waals surface area (Å²) in [4.78, 5) is 53.3. The topological polar surface area (TPSA) is 131 Å². The molecule has 1 aliphatic rings. The zero-order valence-electron chi connectivity index (χ0n) is 23.2. The predicted octanol–water partition coefficient (Wildman–Crippen LogP) is 3.80. The molecular formula is C28H44N4O5. The van der Waals surface area contributed by atoms with Crippen LogP contribution in [-0.2, 0) is 19.1 Å². The molecular weight excluding hydrogens is 472 g/mol. The summed E-state index contributed by atoms with van der Waals surface area (Å²) in [5.74, 6) is -1.31. The highest BCUT2D eigenvalue weighted by Gasteiger charge is 2.37. The van der Waals surface area contributed by atoms with Crippen molar-refractivity contribution in [3.05, 3.63) is 34.9 Å². The lowest BCUT2D eigenvalue weighted by Gasteiger charge is -2.35. The standard InChI is InChI=1S/C28H44N4O5/c1-7-32(26(35)22(15-16-23(29)33)31-27(36)37-28(4,5)6)24(21-17-18(2)13-14-19(21)3)25(34)30-20-11-9-8-10-12-20/h13-14,17,20,22,24H,7-12,15-16H2,1-6H3,(H2,29,33)(H,30,34)(H,31,36). The van der Waals surface area contributed by atoms with E-state index in [-0.39, 0.29) is 31.3 Å². The van der Waals surface area contributed by atoms with Crippen LogP contribution in [0.3, 0.4) is 0 Å². The molecule has 0 heterocycles. The van der Waals surface area contributed by atoms with E-state index in [2.05, 4.69) is 10.6 Å². The number of carbonyl (C=O) groups is 4. The second-order valence-electron chi connectivity index (χ2n) is 10.9. The lowest BCUT2D eigenvalue weighted by atomic mass is 9.93. The van der Waals surface area contributed by atoms with Crippen LogP contribution in [0.1, 0.15) is 95.4 Å². The highest BCUT2D eigenvalue weighted by molar-refractivity contribution is 5.92. The maximum atomic E-state index is 13.9. The molecule has 0 aliphatic heterocycles. The molecule has 0 spiro atoms. The summed E-state index contributed by atoms with van der Waals surface area (Å²) in [7, 11) is 0. The van der Waals surface area contributed by atoms with Crippen molar-refractivity contribution in [1.82, 2.24) is 15.5 Å². The number of aryl methyl sites for hydroxylation is 2. The Morgan fingerprint density at radius 1 is 1.11 bits per heavy atom. The number of nitrogens with one attached hydrogen (secondary N) is 2. The van der Waals surface area contributed by atoms with Crippen LogP contribution >= 0.6 is 0 Å². The number of primary amides is 1. The second-order valence-corrected chi connectivity index (χ2v) is 10.9. The van der Waals surface area contributed by atoms with Gasteiger partial charge in [0.25, 0.3) is 0 Å². The Hall–Kier alpha value is -3.10. The fraction of sp³-hybridized carbons (Fsp3) is 0.643. The minimum atomic E-state index is -1.09. The number of hydrogen-bond acceptors (Lipinski definition) is 5. The van der Waals surface area contributed by atoms with Gasteiger partial charge in [0, 0.05) is 19.0 Å². The highest BCUT2D eigenvalue weighted by atomic mass is 16.6. The number of nitrogens with zero attached hydrogens (tertiary/aromatic N) is 1. The van der Waals surface area contributed by atoms with Crippen molar-refractivity contribution in [3.8, 4) is 0 Å². The number of alkyl carbamates (subject to hydrolysis) is 1. The number of ether oxygens (including phenoxy) is 1. The Kier molecular flexibility index (Phi) is 10.9. The van der Waals surface area contributed by atoms with E-state index in [4.69, 9.17) is 10.5 Å². The first-order chi connectivity index (χ1) is 17.3. The van der Waals surface area contributed by atoms with Crippen molar-refractivity contribution < 1.29 is 23.9 Å². The van der Waals surface area contributed by atoms with Crippen LogP contribution in [0.4, 0.5) is 4.79 Å². The molecule has 4 N–H and O–H groups in total. The van der Waals surface area contributed by atoms with Gasteiger partial charge in [-0.05, 0) is 71.9 Å². The minimum absolute atomic E-state index is 0.00628. The molecule has 0 radical (unpaired) electrons. The van der Waals surface area contributed by atoms with Gasteiger partial charge in [0.2, 0.25) is 17.7 Å². The molecule has 1 aromatic rings. The first-order valence-corrected chi connectivity index (χ1v) is 13.3. The van der Waals surface area contributed by atoms with Gasteiger partial charge >= 0.3 is 6.09 Å². The molecule has 0 saturated heterocycles.